The summed E-state index contributed by atoms with van der Waals surface area (Å²) in [5.41, 5.74) is 1.43. The first-order chi connectivity index (χ1) is 11.5. The van der Waals surface area contributed by atoms with Crippen LogP contribution in [0.4, 0.5) is 0 Å². The highest BCUT2D eigenvalue weighted by atomic mass is 127. The lowest BCUT2D eigenvalue weighted by Gasteiger charge is -2.28. The van der Waals surface area contributed by atoms with Gasteiger partial charge in [-0.1, -0.05) is 19.9 Å². The molecule has 25 heavy (non-hydrogen) atoms. The van der Waals surface area contributed by atoms with Crippen molar-refractivity contribution < 1.29 is 0 Å². The van der Waals surface area contributed by atoms with Crippen molar-refractivity contribution in [2.45, 2.75) is 31.6 Å². The lowest BCUT2D eigenvalue weighted by molar-refractivity contribution is 0.458. The van der Waals surface area contributed by atoms with Gasteiger partial charge < -0.3 is 10.2 Å². The van der Waals surface area contributed by atoms with E-state index in [1.165, 1.54) is 10.4 Å². The molecule has 1 aliphatic rings. The average molecular weight is 473 g/mol. The molecular formula is C18H28IN5S. The quantitative estimate of drug-likeness (QED) is 0.421. The molecule has 1 aliphatic heterocycles. The van der Waals surface area contributed by atoms with Gasteiger partial charge in [0.1, 0.15) is 0 Å². The Kier molecular flexibility index (Phi) is 6.90. The van der Waals surface area contributed by atoms with Crippen LogP contribution in [0.3, 0.4) is 0 Å². The maximum absolute atomic E-state index is 4.50. The highest BCUT2D eigenvalue weighted by Crippen LogP contribution is 2.28. The molecule has 1 fully saturated rings. The zero-order valence-corrected chi connectivity index (χ0v) is 18.5. The van der Waals surface area contributed by atoms with Gasteiger partial charge in [-0.05, 0) is 23.4 Å². The van der Waals surface area contributed by atoms with E-state index in [4.69, 9.17) is 0 Å². The second kappa shape index (κ2) is 8.53. The maximum atomic E-state index is 4.50. The Labute approximate surface area is 171 Å². The van der Waals surface area contributed by atoms with Gasteiger partial charge in [-0.15, -0.1) is 35.3 Å². The Hall–Kier alpha value is -1.09. The Morgan fingerprint density at radius 1 is 1.48 bits per heavy atom. The summed E-state index contributed by atoms with van der Waals surface area (Å²) in [6, 6.07) is 4.33. The van der Waals surface area contributed by atoms with Gasteiger partial charge in [0.05, 0.1) is 6.20 Å². The fraction of sp³-hybridized carbons (Fsp3) is 0.556. The number of hydrogen-bond acceptors (Lipinski definition) is 3. The largest absolute Gasteiger partial charge is 0.355 e. The molecule has 0 saturated carbocycles. The summed E-state index contributed by atoms with van der Waals surface area (Å²) in [6.07, 6.45) is 5.27. The number of thiophene rings is 1. The third-order valence-corrected chi connectivity index (χ3v) is 6.01. The Morgan fingerprint density at radius 2 is 2.28 bits per heavy atom. The van der Waals surface area contributed by atoms with Gasteiger partial charge in [0.15, 0.2) is 5.96 Å². The summed E-state index contributed by atoms with van der Waals surface area (Å²) in [4.78, 5) is 8.27. The fourth-order valence-electron chi connectivity index (χ4n) is 3.26. The van der Waals surface area contributed by atoms with Crippen molar-refractivity contribution in [1.82, 2.24) is 20.0 Å². The third-order valence-electron chi connectivity index (χ3n) is 4.77. The standard InChI is InChI=1S/C18H27N5S.HI/c1-18(2,16-6-5-9-24-16)13-20-17(19-3)23-8-7-14(12-23)15-10-21-22(4)11-15;/h5-6,9-11,14H,7-8,12-13H2,1-4H3,(H,19,20);1H. The topological polar surface area (TPSA) is 45.5 Å². The minimum Gasteiger partial charge on any atom is -0.355 e. The van der Waals surface area contributed by atoms with E-state index in [1.807, 2.05) is 36.3 Å². The fourth-order valence-corrected chi connectivity index (χ4v) is 4.11. The molecule has 0 radical (unpaired) electrons. The molecule has 1 atom stereocenters. The molecule has 3 rings (SSSR count). The molecule has 0 aliphatic carbocycles. The van der Waals surface area contributed by atoms with E-state index in [2.05, 4.69) is 57.9 Å². The van der Waals surface area contributed by atoms with Gasteiger partial charge in [0.25, 0.3) is 0 Å². The smallest absolute Gasteiger partial charge is 0.193 e. The third kappa shape index (κ3) is 4.75. The molecule has 138 valence electrons. The summed E-state index contributed by atoms with van der Waals surface area (Å²) in [6.45, 7) is 7.49. The van der Waals surface area contributed by atoms with Crippen molar-refractivity contribution >= 4 is 41.3 Å². The minimum atomic E-state index is 0. The van der Waals surface area contributed by atoms with Crippen LogP contribution in [0.15, 0.2) is 34.9 Å². The number of nitrogens with one attached hydrogen (secondary N) is 1. The lowest BCUT2D eigenvalue weighted by Crippen LogP contribution is -2.44. The molecule has 0 amide bonds. The van der Waals surface area contributed by atoms with Crippen molar-refractivity contribution in [3.63, 3.8) is 0 Å². The van der Waals surface area contributed by atoms with Crippen molar-refractivity contribution in [3.8, 4) is 0 Å². The van der Waals surface area contributed by atoms with E-state index >= 15 is 0 Å². The van der Waals surface area contributed by atoms with Crippen LogP contribution >= 0.6 is 35.3 Å². The van der Waals surface area contributed by atoms with Crippen molar-refractivity contribution in [3.05, 3.63) is 40.3 Å². The highest BCUT2D eigenvalue weighted by molar-refractivity contribution is 14.0. The molecule has 1 saturated heterocycles. The number of nitrogens with zero attached hydrogens (tertiary/aromatic N) is 4. The predicted octanol–water partition coefficient (Wildman–Crippen LogP) is 3.44. The summed E-state index contributed by atoms with van der Waals surface area (Å²) < 4.78 is 1.88. The first-order valence-electron chi connectivity index (χ1n) is 8.48. The zero-order valence-electron chi connectivity index (χ0n) is 15.4. The summed E-state index contributed by atoms with van der Waals surface area (Å²) in [5, 5.41) is 10.0. The van der Waals surface area contributed by atoms with E-state index < -0.39 is 0 Å². The molecule has 1 N–H and O–H groups in total. The van der Waals surface area contributed by atoms with Crippen molar-refractivity contribution in [2.75, 3.05) is 26.7 Å². The van der Waals surface area contributed by atoms with Crippen LogP contribution in [0.5, 0.6) is 0 Å². The second-order valence-corrected chi connectivity index (χ2v) is 8.09. The number of rotatable bonds is 4. The molecule has 0 bridgehead atoms. The molecule has 5 nitrogen and oxygen atoms in total. The average Bonchev–Trinajstić information content (AvgIpc) is 3.29. The number of hydrogen-bond donors (Lipinski definition) is 1. The Balaban J connectivity index is 0.00000225. The molecule has 3 heterocycles. The van der Waals surface area contributed by atoms with E-state index in [9.17, 15) is 0 Å². The van der Waals surface area contributed by atoms with Crippen LogP contribution in [-0.2, 0) is 12.5 Å². The molecule has 1 unspecified atom stereocenters. The number of aliphatic imine (C=N–C) groups is 1. The predicted molar refractivity (Wildman–Crippen MR) is 116 cm³/mol. The van der Waals surface area contributed by atoms with Crippen LogP contribution in [0.2, 0.25) is 0 Å². The van der Waals surface area contributed by atoms with Gasteiger partial charge in [-0.3, -0.25) is 9.67 Å². The van der Waals surface area contributed by atoms with Crippen molar-refractivity contribution in [2.24, 2.45) is 12.0 Å². The Morgan fingerprint density at radius 3 is 2.88 bits per heavy atom. The molecule has 0 spiro atoms. The Bertz CT molecular complexity index is 692. The van der Waals surface area contributed by atoms with Gasteiger partial charge in [-0.2, -0.15) is 5.10 Å². The summed E-state index contributed by atoms with van der Waals surface area (Å²) in [7, 11) is 3.85. The number of halogens is 1. The first kappa shape index (κ1) is 20.2. The van der Waals surface area contributed by atoms with Gasteiger partial charge in [0, 0.05) is 56.1 Å². The van der Waals surface area contributed by atoms with Crippen LogP contribution in [0.1, 0.15) is 36.6 Å². The minimum absolute atomic E-state index is 0. The van der Waals surface area contributed by atoms with E-state index in [0.717, 1.165) is 32.0 Å². The molecule has 0 aromatic carbocycles. The molecular weight excluding hydrogens is 445 g/mol. The molecule has 2 aromatic heterocycles. The van der Waals surface area contributed by atoms with E-state index in [-0.39, 0.29) is 29.4 Å². The van der Waals surface area contributed by atoms with Gasteiger partial charge >= 0.3 is 0 Å². The summed E-state index contributed by atoms with van der Waals surface area (Å²) >= 11 is 1.82. The lowest BCUT2D eigenvalue weighted by atomic mass is 9.91. The number of likely N-dealkylation sites (tertiary alicyclic amines) is 1. The maximum Gasteiger partial charge on any atom is 0.193 e. The number of aromatic nitrogens is 2. The van der Waals surface area contributed by atoms with E-state index in [1.54, 1.807) is 0 Å². The zero-order chi connectivity index (χ0) is 17.2. The van der Waals surface area contributed by atoms with Crippen molar-refractivity contribution in [1.29, 1.82) is 0 Å². The first-order valence-corrected chi connectivity index (χ1v) is 9.35. The second-order valence-electron chi connectivity index (χ2n) is 7.14. The molecule has 7 heteroatoms. The van der Waals surface area contributed by atoms with Gasteiger partial charge in [0.2, 0.25) is 0 Å². The number of guanidine groups is 1. The van der Waals surface area contributed by atoms with Crippen LogP contribution < -0.4 is 5.32 Å². The normalized spacial score (nSPS) is 18.3. The monoisotopic (exact) mass is 473 g/mol. The van der Waals surface area contributed by atoms with Crippen LogP contribution in [-0.4, -0.2) is 47.3 Å². The SMILES string of the molecule is CN=C(NCC(C)(C)c1cccs1)N1CCC(c2cnn(C)c2)C1.I. The molecule has 2 aromatic rings. The summed E-state index contributed by atoms with van der Waals surface area (Å²) in [5.74, 6) is 1.55. The van der Waals surface area contributed by atoms with Crippen LogP contribution in [0.25, 0.3) is 0 Å². The number of aryl methyl sites for hydroxylation is 1. The van der Waals surface area contributed by atoms with Gasteiger partial charge in [-0.25, -0.2) is 0 Å². The van der Waals surface area contributed by atoms with E-state index in [0.29, 0.717) is 5.92 Å². The highest BCUT2D eigenvalue weighted by Gasteiger charge is 2.28. The van der Waals surface area contributed by atoms with Crippen LogP contribution in [0, 0.1) is 0 Å².